The minimum atomic E-state index is -0.359. The van der Waals surface area contributed by atoms with Crippen LogP contribution < -0.4 is 4.74 Å². The number of pyridine rings is 1. The molecular weight excluding hydrogens is 393 g/mol. The molecule has 0 spiro atoms. The molecule has 0 aliphatic carbocycles. The Kier molecular flexibility index (Phi) is 7.06. The molecule has 0 aliphatic rings. The van der Waals surface area contributed by atoms with Crippen LogP contribution in [0.2, 0.25) is 0 Å². The van der Waals surface area contributed by atoms with Crippen molar-refractivity contribution in [2.45, 2.75) is 40.2 Å². The van der Waals surface area contributed by atoms with E-state index in [0.717, 1.165) is 11.3 Å². The molecule has 1 unspecified atom stereocenters. The van der Waals surface area contributed by atoms with Gasteiger partial charge in [-0.1, -0.05) is 45.0 Å². The van der Waals surface area contributed by atoms with E-state index in [9.17, 15) is 4.79 Å². The van der Waals surface area contributed by atoms with Gasteiger partial charge in [0.2, 0.25) is 0 Å². The van der Waals surface area contributed by atoms with Gasteiger partial charge in [-0.2, -0.15) is 0 Å². The molecule has 2 aromatic carbocycles. The molecule has 0 saturated heterocycles. The Hall–Kier alpha value is -3.21. The summed E-state index contributed by atoms with van der Waals surface area (Å²) in [4.78, 5) is 16.2. The Morgan fingerprint density at radius 2 is 1.81 bits per heavy atom. The molecule has 3 aromatic rings. The van der Waals surface area contributed by atoms with Crippen molar-refractivity contribution in [2.75, 3.05) is 6.61 Å². The van der Waals surface area contributed by atoms with Crippen molar-refractivity contribution in [1.82, 2.24) is 4.98 Å². The van der Waals surface area contributed by atoms with E-state index < -0.39 is 0 Å². The second kappa shape index (κ2) is 9.73. The molecule has 1 aromatic heterocycles. The molecule has 4 nitrogen and oxygen atoms in total. The third-order valence-corrected chi connectivity index (χ3v) is 5.02. The summed E-state index contributed by atoms with van der Waals surface area (Å²) in [6.07, 6.45) is 1.70. The summed E-state index contributed by atoms with van der Waals surface area (Å²) in [5, 5.41) is 0. The van der Waals surface area contributed by atoms with Crippen molar-refractivity contribution < 1.29 is 18.7 Å². The first-order valence-electron chi connectivity index (χ1n) is 10.4. The molecule has 0 saturated carbocycles. The van der Waals surface area contributed by atoms with Crippen LogP contribution in [0.5, 0.6) is 5.75 Å². The minimum absolute atomic E-state index is 0.200. The number of benzene rings is 2. The van der Waals surface area contributed by atoms with Gasteiger partial charge in [0, 0.05) is 18.2 Å². The van der Waals surface area contributed by atoms with Crippen molar-refractivity contribution in [1.29, 1.82) is 0 Å². The van der Waals surface area contributed by atoms with Gasteiger partial charge in [0.05, 0.1) is 17.9 Å². The number of hydrogen-bond donors (Lipinski definition) is 0. The molecule has 0 N–H and O–H groups in total. The number of nitrogens with zero attached hydrogens (tertiary/aromatic N) is 1. The van der Waals surface area contributed by atoms with Crippen LogP contribution in [0.3, 0.4) is 0 Å². The van der Waals surface area contributed by atoms with Crippen molar-refractivity contribution in [3.8, 4) is 5.75 Å². The largest absolute Gasteiger partial charge is 0.487 e. The zero-order valence-corrected chi connectivity index (χ0v) is 18.4. The van der Waals surface area contributed by atoms with Crippen LogP contribution in [0, 0.1) is 11.2 Å². The van der Waals surface area contributed by atoms with E-state index in [1.54, 1.807) is 37.4 Å². The minimum Gasteiger partial charge on any atom is -0.487 e. The molecule has 31 heavy (non-hydrogen) atoms. The summed E-state index contributed by atoms with van der Waals surface area (Å²) in [5.41, 5.74) is 2.53. The topological polar surface area (TPSA) is 48.4 Å². The number of ether oxygens (including phenoxy) is 2. The fraction of sp³-hybridized carbons (Fsp3) is 0.308. The van der Waals surface area contributed by atoms with Gasteiger partial charge in [0.25, 0.3) is 0 Å². The maximum absolute atomic E-state index is 15.2. The molecule has 3 rings (SSSR count). The lowest BCUT2D eigenvalue weighted by Gasteiger charge is -2.32. The SMILES string of the molecule is CCOC(=O)c1ccc(C(c2ccc(OCc3ccccn3)cc2F)C(C)(C)C)cc1. The van der Waals surface area contributed by atoms with E-state index in [1.807, 2.05) is 30.3 Å². The molecular formula is C26H28FNO3. The summed E-state index contributed by atoms with van der Waals surface area (Å²) in [7, 11) is 0. The Morgan fingerprint density at radius 3 is 2.39 bits per heavy atom. The normalized spacial score (nSPS) is 12.3. The molecule has 0 fully saturated rings. The van der Waals surface area contributed by atoms with Crippen LogP contribution in [0.25, 0.3) is 0 Å². The number of halogens is 1. The van der Waals surface area contributed by atoms with E-state index in [0.29, 0.717) is 23.5 Å². The Labute approximate surface area is 183 Å². The molecule has 1 heterocycles. The first kappa shape index (κ1) is 22.5. The molecule has 0 aliphatic heterocycles. The first-order chi connectivity index (χ1) is 14.8. The number of carbonyl (C=O) groups excluding carboxylic acids is 1. The second-order valence-corrected chi connectivity index (χ2v) is 8.43. The highest BCUT2D eigenvalue weighted by Crippen LogP contribution is 2.42. The molecule has 0 amide bonds. The lowest BCUT2D eigenvalue weighted by molar-refractivity contribution is 0.0526. The first-order valence-corrected chi connectivity index (χ1v) is 10.4. The van der Waals surface area contributed by atoms with Crippen molar-refractivity contribution in [3.63, 3.8) is 0 Å². The number of esters is 1. The summed E-state index contributed by atoms with van der Waals surface area (Å²) in [6.45, 7) is 8.59. The highest BCUT2D eigenvalue weighted by atomic mass is 19.1. The van der Waals surface area contributed by atoms with E-state index in [4.69, 9.17) is 9.47 Å². The van der Waals surface area contributed by atoms with E-state index in [-0.39, 0.29) is 29.7 Å². The van der Waals surface area contributed by atoms with E-state index in [1.165, 1.54) is 6.07 Å². The van der Waals surface area contributed by atoms with E-state index >= 15 is 4.39 Å². The predicted molar refractivity (Wildman–Crippen MR) is 119 cm³/mol. The van der Waals surface area contributed by atoms with Crippen LogP contribution >= 0.6 is 0 Å². The zero-order valence-electron chi connectivity index (χ0n) is 18.4. The van der Waals surface area contributed by atoms with Gasteiger partial charge >= 0.3 is 5.97 Å². The summed E-state index contributed by atoms with van der Waals surface area (Å²) >= 11 is 0. The highest BCUT2D eigenvalue weighted by molar-refractivity contribution is 5.89. The van der Waals surface area contributed by atoms with Crippen molar-refractivity contribution in [3.05, 3.63) is 95.1 Å². The van der Waals surface area contributed by atoms with Crippen LogP contribution in [-0.2, 0) is 11.3 Å². The van der Waals surface area contributed by atoms with Gasteiger partial charge in [-0.25, -0.2) is 9.18 Å². The average molecular weight is 422 g/mol. The fourth-order valence-electron chi connectivity index (χ4n) is 3.64. The fourth-order valence-corrected chi connectivity index (χ4v) is 3.64. The molecule has 0 radical (unpaired) electrons. The number of carbonyl (C=O) groups is 1. The van der Waals surface area contributed by atoms with Crippen LogP contribution in [0.1, 0.15) is 60.8 Å². The highest BCUT2D eigenvalue weighted by Gasteiger charge is 2.30. The number of aromatic nitrogens is 1. The van der Waals surface area contributed by atoms with Crippen molar-refractivity contribution in [2.24, 2.45) is 5.41 Å². The van der Waals surface area contributed by atoms with Crippen molar-refractivity contribution >= 4 is 5.97 Å². The summed E-state index contributed by atoms with van der Waals surface area (Å²) in [6, 6.07) is 17.8. The van der Waals surface area contributed by atoms with Crippen LogP contribution in [0.15, 0.2) is 66.9 Å². The predicted octanol–water partition coefficient (Wildman–Crippen LogP) is 6.15. The second-order valence-electron chi connectivity index (χ2n) is 8.43. The molecule has 1 atom stereocenters. The van der Waals surface area contributed by atoms with Gasteiger partial charge in [0.1, 0.15) is 18.2 Å². The number of hydrogen-bond acceptors (Lipinski definition) is 4. The zero-order chi connectivity index (χ0) is 22.4. The Morgan fingerprint density at radius 1 is 1.06 bits per heavy atom. The summed E-state index contributed by atoms with van der Waals surface area (Å²) < 4.78 is 25.9. The van der Waals surface area contributed by atoms with Crippen LogP contribution in [0.4, 0.5) is 4.39 Å². The maximum Gasteiger partial charge on any atom is 0.338 e. The lowest BCUT2D eigenvalue weighted by atomic mass is 9.72. The quantitative estimate of drug-likeness (QED) is 0.429. The lowest BCUT2D eigenvalue weighted by Crippen LogP contribution is -2.21. The Balaban J connectivity index is 1.85. The molecule has 162 valence electrons. The Bertz CT molecular complexity index is 1010. The third kappa shape index (κ3) is 5.69. The van der Waals surface area contributed by atoms with E-state index in [2.05, 4.69) is 25.8 Å². The van der Waals surface area contributed by atoms with Gasteiger partial charge < -0.3 is 9.47 Å². The number of rotatable bonds is 7. The maximum atomic E-state index is 15.2. The summed E-state index contributed by atoms with van der Waals surface area (Å²) in [5.74, 6) is -0.430. The van der Waals surface area contributed by atoms with Gasteiger partial charge in [-0.05, 0) is 53.8 Å². The standard InChI is InChI=1S/C26H28FNO3/c1-5-30-25(29)19-11-9-18(10-12-19)24(26(2,3)4)22-14-13-21(16-23(22)27)31-17-20-8-6-7-15-28-20/h6-16,24H,5,17H2,1-4H3. The van der Waals surface area contributed by atoms with Gasteiger partial charge in [-0.15, -0.1) is 0 Å². The smallest absolute Gasteiger partial charge is 0.338 e. The molecule has 0 bridgehead atoms. The molecule has 5 heteroatoms. The average Bonchev–Trinajstić information content (AvgIpc) is 2.74. The third-order valence-electron chi connectivity index (χ3n) is 5.02. The van der Waals surface area contributed by atoms with Crippen LogP contribution in [-0.4, -0.2) is 17.6 Å². The van der Waals surface area contributed by atoms with Gasteiger partial charge in [-0.3, -0.25) is 4.98 Å². The monoisotopic (exact) mass is 421 g/mol. The van der Waals surface area contributed by atoms with Gasteiger partial charge in [0.15, 0.2) is 0 Å².